The predicted octanol–water partition coefficient (Wildman–Crippen LogP) is 4.46. The van der Waals surface area contributed by atoms with Crippen molar-refractivity contribution in [1.29, 1.82) is 0 Å². The van der Waals surface area contributed by atoms with Crippen LogP contribution >= 0.6 is 0 Å². The second-order valence-electron chi connectivity index (χ2n) is 13.2. The van der Waals surface area contributed by atoms with Crippen LogP contribution in [0.4, 0.5) is 5.69 Å². The lowest BCUT2D eigenvalue weighted by Gasteiger charge is -2.38. The predicted molar refractivity (Wildman–Crippen MR) is 165 cm³/mol. The van der Waals surface area contributed by atoms with Gasteiger partial charge in [-0.3, -0.25) is 14.4 Å². The van der Waals surface area contributed by atoms with Crippen LogP contribution in [0.5, 0.6) is 0 Å². The molecule has 1 saturated carbocycles. The molecule has 3 fully saturated rings. The fourth-order valence-electron chi connectivity index (χ4n) is 7.82. The molecule has 1 aliphatic carbocycles. The molecule has 1 aromatic rings. The van der Waals surface area contributed by atoms with Gasteiger partial charge in [0.05, 0.1) is 17.9 Å². The minimum absolute atomic E-state index is 0.0665. The minimum atomic E-state index is -1.14. The monoisotopic (exact) mass is 578 g/mol. The summed E-state index contributed by atoms with van der Waals surface area (Å²) < 4.78 is 6.56. The summed E-state index contributed by atoms with van der Waals surface area (Å²) in [6, 6.07) is 5.09. The first-order chi connectivity index (χ1) is 20.1. The number of likely N-dealkylation sites (tertiary alicyclic amines) is 1. The second kappa shape index (κ2) is 12.5. The summed E-state index contributed by atoms with van der Waals surface area (Å²) in [5, 5.41) is 6.41. The molecule has 5 rings (SSSR count). The van der Waals surface area contributed by atoms with Crippen LogP contribution < -0.4 is 10.6 Å². The number of ether oxygens (including phenoxy) is 1. The van der Waals surface area contributed by atoms with Crippen molar-refractivity contribution in [3.8, 4) is 0 Å². The van der Waals surface area contributed by atoms with Crippen molar-refractivity contribution in [2.24, 2.45) is 23.7 Å². The number of nitrogens with zero attached hydrogens (tertiary/aromatic N) is 2. The third-order valence-electron chi connectivity index (χ3n) is 10.5. The number of nitrogens with one attached hydrogen (secondary N) is 2. The molecule has 3 aliphatic heterocycles. The van der Waals surface area contributed by atoms with Gasteiger partial charge in [-0.05, 0) is 81.3 Å². The van der Waals surface area contributed by atoms with E-state index in [1.54, 1.807) is 4.90 Å². The fraction of sp³-hybridized carbons (Fsp3) is 0.676. The lowest BCUT2D eigenvalue weighted by atomic mass is 9.73. The normalized spacial score (nSPS) is 33.4. The molecule has 2 bridgehead atoms. The fourth-order valence-corrected chi connectivity index (χ4v) is 7.82. The average Bonchev–Trinajstić information content (AvgIpc) is 3.59. The molecule has 8 nitrogen and oxygen atoms in total. The van der Waals surface area contributed by atoms with Crippen LogP contribution in [0, 0.1) is 37.5 Å². The molecule has 8 heteroatoms. The summed E-state index contributed by atoms with van der Waals surface area (Å²) in [5.41, 5.74) is 1.80. The van der Waals surface area contributed by atoms with Crippen molar-refractivity contribution >= 4 is 23.4 Å². The molecule has 8 atom stereocenters. The molecule has 3 amide bonds. The number of aryl methyl sites for hydroxylation is 2. The maximum absolute atomic E-state index is 14.3. The third-order valence-corrected chi connectivity index (χ3v) is 10.5. The van der Waals surface area contributed by atoms with E-state index in [2.05, 4.69) is 43.2 Å². The van der Waals surface area contributed by atoms with Crippen molar-refractivity contribution in [3.63, 3.8) is 0 Å². The van der Waals surface area contributed by atoms with E-state index in [1.165, 1.54) is 6.42 Å². The molecule has 42 heavy (non-hydrogen) atoms. The summed E-state index contributed by atoms with van der Waals surface area (Å²) in [4.78, 5) is 46.5. The van der Waals surface area contributed by atoms with Gasteiger partial charge in [0.2, 0.25) is 17.7 Å². The van der Waals surface area contributed by atoms with E-state index >= 15 is 0 Å². The van der Waals surface area contributed by atoms with E-state index < -0.39 is 29.6 Å². The number of hydrogen-bond acceptors (Lipinski definition) is 5. The number of fused-ring (bicyclic) bond motifs is 1. The highest BCUT2D eigenvalue weighted by Crippen LogP contribution is 2.55. The molecule has 4 aliphatic rings. The second-order valence-corrected chi connectivity index (χ2v) is 13.2. The highest BCUT2D eigenvalue weighted by molar-refractivity contribution is 6.02. The lowest BCUT2D eigenvalue weighted by Crippen LogP contribution is -2.58. The maximum atomic E-state index is 14.3. The first-order valence-electron chi connectivity index (χ1n) is 16.2. The van der Waals surface area contributed by atoms with Crippen molar-refractivity contribution in [3.05, 3.63) is 41.5 Å². The highest BCUT2D eigenvalue weighted by Gasteiger charge is 2.72. The van der Waals surface area contributed by atoms with Crippen molar-refractivity contribution in [1.82, 2.24) is 15.1 Å². The minimum Gasteiger partial charge on any atom is -0.359 e. The molecule has 2 saturated heterocycles. The molecular formula is C34H50N4O4. The number of carbonyl (C=O) groups is 3. The number of rotatable bonds is 11. The van der Waals surface area contributed by atoms with Crippen LogP contribution in [0.15, 0.2) is 30.4 Å². The molecule has 0 radical (unpaired) electrons. The van der Waals surface area contributed by atoms with Gasteiger partial charge in [0, 0.05) is 24.8 Å². The summed E-state index contributed by atoms with van der Waals surface area (Å²) >= 11 is 0. The summed E-state index contributed by atoms with van der Waals surface area (Å²) in [7, 11) is 0. The van der Waals surface area contributed by atoms with Crippen LogP contribution in [0.25, 0.3) is 0 Å². The third kappa shape index (κ3) is 5.52. The number of carbonyl (C=O) groups excluding carboxylic acids is 3. The SMILES string of the molecule is CCCN(CCC)CCN1C(=O)C2C(C(=O)Nc3ccc(C)c(C)c3)C3C=CC2(O3)C1C(=O)NC1CCCC(C)C1C. The average molecular weight is 579 g/mol. The number of anilines is 1. The maximum Gasteiger partial charge on any atom is 0.246 e. The van der Waals surface area contributed by atoms with Gasteiger partial charge in [0.15, 0.2) is 0 Å². The van der Waals surface area contributed by atoms with Crippen molar-refractivity contribution in [2.75, 3.05) is 31.5 Å². The Morgan fingerprint density at radius 2 is 1.79 bits per heavy atom. The Labute approximate surface area is 251 Å². The van der Waals surface area contributed by atoms with Gasteiger partial charge >= 0.3 is 0 Å². The number of benzene rings is 1. The van der Waals surface area contributed by atoms with Crippen LogP contribution in [-0.4, -0.2) is 77.5 Å². The Balaban J connectivity index is 1.43. The summed E-state index contributed by atoms with van der Waals surface area (Å²) in [6.07, 6.45) is 8.51. The Hall–Kier alpha value is -2.71. The van der Waals surface area contributed by atoms with Crippen molar-refractivity contribution in [2.45, 2.75) is 97.4 Å². The van der Waals surface area contributed by atoms with Crippen LogP contribution in [0.3, 0.4) is 0 Å². The van der Waals surface area contributed by atoms with E-state index in [0.29, 0.717) is 30.6 Å². The Bertz CT molecular complexity index is 1210. The van der Waals surface area contributed by atoms with Gasteiger partial charge in [-0.2, -0.15) is 0 Å². The first kappa shape index (κ1) is 30.7. The van der Waals surface area contributed by atoms with Crippen LogP contribution in [-0.2, 0) is 19.1 Å². The molecule has 2 N–H and O–H groups in total. The molecule has 230 valence electrons. The number of amides is 3. The zero-order chi connectivity index (χ0) is 30.2. The lowest BCUT2D eigenvalue weighted by molar-refractivity contribution is -0.141. The molecule has 1 spiro atoms. The topological polar surface area (TPSA) is 91.0 Å². The molecule has 8 unspecified atom stereocenters. The molecule has 0 aromatic heterocycles. The smallest absolute Gasteiger partial charge is 0.246 e. The van der Waals surface area contributed by atoms with Gasteiger partial charge in [0.25, 0.3) is 0 Å². The van der Waals surface area contributed by atoms with Crippen molar-refractivity contribution < 1.29 is 19.1 Å². The van der Waals surface area contributed by atoms with E-state index in [4.69, 9.17) is 4.74 Å². The quantitative estimate of drug-likeness (QED) is 0.379. The van der Waals surface area contributed by atoms with E-state index in [1.807, 2.05) is 44.2 Å². The number of hydrogen-bond donors (Lipinski definition) is 2. The van der Waals surface area contributed by atoms with Gasteiger partial charge in [-0.1, -0.05) is 58.8 Å². The Morgan fingerprint density at radius 1 is 1.05 bits per heavy atom. The van der Waals surface area contributed by atoms with Gasteiger partial charge in [0.1, 0.15) is 11.6 Å². The van der Waals surface area contributed by atoms with E-state index in [9.17, 15) is 14.4 Å². The van der Waals surface area contributed by atoms with Gasteiger partial charge in [-0.15, -0.1) is 0 Å². The van der Waals surface area contributed by atoms with Gasteiger partial charge < -0.3 is 25.2 Å². The van der Waals surface area contributed by atoms with Gasteiger partial charge in [-0.25, -0.2) is 0 Å². The van der Waals surface area contributed by atoms with Crippen LogP contribution in [0.1, 0.15) is 70.9 Å². The zero-order valence-electron chi connectivity index (χ0n) is 26.3. The highest BCUT2D eigenvalue weighted by atomic mass is 16.5. The largest absolute Gasteiger partial charge is 0.359 e. The Morgan fingerprint density at radius 3 is 2.48 bits per heavy atom. The summed E-state index contributed by atoms with van der Waals surface area (Å²) in [5.74, 6) is -1.08. The standard InChI is InChI=1S/C34H50N4O4/c1-7-16-37(17-8-2)18-19-38-30(32(40)36-26-11-9-10-22(4)24(26)6)34-15-14-27(42-34)28(29(34)33(38)41)31(39)35-25-13-12-21(3)23(5)20-25/h12-15,20,22,24,26-30H,7-11,16-19H2,1-6H3,(H,35,39)(H,36,40). The molecule has 3 heterocycles. The van der Waals surface area contributed by atoms with E-state index in [0.717, 1.165) is 49.9 Å². The first-order valence-corrected chi connectivity index (χ1v) is 16.2. The summed E-state index contributed by atoms with van der Waals surface area (Å²) in [6.45, 7) is 15.8. The molecule has 1 aromatic carbocycles. The van der Waals surface area contributed by atoms with Crippen LogP contribution in [0.2, 0.25) is 0 Å². The Kier molecular flexibility index (Phi) is 9.14. The zero-order valence-corrected chi connectivity index (χ0v) is 26.3. The molecular weight excluding hydrogens is 528 g/mol. The van der Waals surface area contributed by atoms with E-state index in [-0.39, 0.29) is 23.8 Å².